The van der Waals surface area contributed by atoms with E-state index in [1.165, 1.54) is 44.1 Å². The highest BCUT2D eigenvalue weighted by atomic mass is 32.2. The van der Waals surface area contributed by atoms with Gasteiger partial charge < -0.3 is 4.90 Å². The summed E-state index contributed by atoms with van der Waals surface area (Å²) in [5, 5.41) is 0.712. The zero-order chi connectivity index (χ0) is 16.2. The first-order valence-corrected chi connectivity index (χ1v) is 9.57. The Morgan fingerprint density at radius 1 is 1.17 bits per heavy atom. The van der Waals surface area contributed by atoms with Crippen LogP contribution in [0.2, 0.25) is 0 Å². The Kier molecular flexibility index (Phi) is 5.54. The molecule has 0 N–H and O–H groups in total. The van der Waals surface area contributed by atoms with Crippen molar-refractivity contribution in [2.75, 3.05) is 31.9 Å². The van der Waals surface area contributed by atoms with Crippen molar-refractivity contribution in [1.82, 2.24) is 19.8 Å². The minimum atomic E-state index is 0.224. The van der Waals surface area contributed by atoms with Gasteiger partial charge >= 0.3 is 0 Å². The summed E-state index contributed by atoms with van der Waals surface area (Å²) in [5.74, 6) is 0.664. The third-order valence-electron chi connectivity index (χ3n) is 4.69. The van der Waals surface area contributed by atoms with Crippen LogP contribution in [0.3, 0.4) is 0 Å². The molecule has 2 saturated heterocycles. The summed E-state index contributed by atoms with van der Waals surface area (Å²) in [4.78, 5) is 25.9. The molecule has 1 aromatic rings. The second-order valence-electron chi connectivity index (χ2n) is 6.60. The van der Waals surface area contributed by atoms with Crippen LogP contribution in [0.25, 0.3) is 0 Å². The van der Waals surface area contributed by atoms with E-state index in [0.717, 1.165) is 30.9 Å². The first-order chi connectivity index (χ1) is 11.1. The van der Waals surface area contributed by atoms with Gasteiger partial charge in [-0.15, -0.1) is 0 Å². The summed E-state index contributed by atoms with van der Waals surface area (Å²) in [6.07, 6.45) is 4.98. The Morgan fingerprint density at radius 3 is 2.57 bits per heavy atom. The molecular formula is C17H26N4OS. The van der Waals surface area contributed by atoms with Crippen LogP contribution < -0.4 is 0 Å². The van der Waals surface area contributed by atoms with Crippen molar-refractivity contribution in [3.05, 3.63) is 17.5 Å². The maximum atomic E-state index is 12.5. The number of rotatable bonds is 4. The lowest BCUT2D eigenvalue weighted by Crippen LogP contribution is -2.49. The fourth-order valence-corrected chi connectivity index (χ4v) is 4.41. The van der Waals surface area contributed by atoms with Gasteiger partial charge in [0.2, 0.25) is 5.91 Å². The van der Waals surface area contributed by atoms with E-state index in [2.05, 4.69) is 14.9 Å². The molecule has 0 aromatic carbocycles. The SMILES string of the molecule is Cc1cc(C)nc(SCC(=O)N2CCC[C@@H](N3CCCC3)C2)n1. The van der Waals surface area contributed by atoms with E-state index in [1.54, 1.807) is 0 Å². The molecule has 23 heavy (non-hydrogen) atoms. The molecule has 2 aliphatic rings. The zero-order valence-electron chi connectivity index (χ0n) is 14.1. The molecule has 3 rings (SSSR count). The topological polar surface area (TPSA) is 49.3 Å². The van der Waals surface area contributed by atoms with Crippen molar-refractivity contribution in [3.8, 4) is 0 Å². The van der Waals surface area contributed by atoms with Crippen LogP contribution in [0.15, 0.2) is 11.2 Å². The lowest BCUT2D eigenvalue weighted by Gasteiger charge is -2.37. The second kappa shape index (κ2) is 7.62. The third-order valence-corrected chi connectivity index (χ3v) is 5.52. The van der Waals surface area contributed by atoms with Gasteiger partial charge in [-0.2, -0.15) is 0 Å². The Morgan fingerprint density at radius 2 is 1.87 bits per heavy atom. The molecule has 0 saturated carbocycles. The fourth-order valence-electron chi connectivity index (χ4n) is 3.56. The van der Waals surface area contributed by atoms with Gasteiger partial charge in [0.15, 0.2) is 5.16 Å². The number of carbonyl (C=O) groups excluding carboxylic acids is 1. The van der Waals surface area contributed by atoms with Gasteiger partial charge in [0, 0.05) is 30.5 Å². The number of likely N-dealkylation sites (tertiary alicyclic amines) is 2. The Balaban J connectivity index is 1.53. The number of nitrogens with zero attached hydrogens (tertiary/aromatic N) is 4. The fraction of sp³-hybridized carbons (Fsp3) is 0.706. The van der Waals surface area contributed by atoms with Gasteiger partial charge in [-0.3, -0.25) is 9.69 Å². The van der Waals surface area contributed by atoms with Gasteiger partial charge in [-0.1, -0.05) is 11.8 Å². The number of hydrogen-bond donors (Lipinski definition) is 0. The number of amides is 1. The molecule has 6 heteroatoms. The Labute approximate surface area is 142 Å². The van der Waals surface area contributed by atoms with E-state index in [4.69, 9.17) is 0 Å². The van der Waals surface area contributed by atoms with E-state index in [0.29, 0.717) is 17.0 Å². The van der Waals surface area contributed by atoms with Crippen molar-refractivity contribution in [2.45, 2.75) is 50.7 Å². The molecule has 3 heterocycles. The monoisotopic (exact) mass is 334 g/mol. The summed E-state index contributed by atoms with van der Waals surface area (Å²) in [6, 6.07) is 2.52. The second-order valence-corrected chi connectivity index (χ2v) is 7.54. The molecule has 2 aliphatic heterocycles. The summed E-state index contributed by atoms with van der Waals surface area (Å²) in [5.41, 5.74) is 1.92. The molecule has 0 bridgehead atoms. The number of carbonyl (C=O) groups is 1. The molecule has 0 spiro atoms. The van der Waals surface area contributed by atoms with Crippen molar-refractivity contribution in [2.24, 2.45) is 0 Å². The molecule has 2 fully saturated rings. The summed E-state index contributed by atoms with van der Waals surface area (Å²) < 4.78 is 0. The quantitative estimate of drug-likeness (QED) is 0.624. The van der Waals surface area contributed by atoms with Crippen molar-refractivity contribution in [1.29, 1.82) is 0 Å². The van der Waals surface area contributed by atoms with Gasteiger partial charge in [0.1, 0.15) is 0 Å². The van der Waals surface area contributed by atoms with Crippen LogP contribution in [-0.2, 0) is 4.79 Å². The van der Waals surface area contributed by atoms with Crippen LogP contribution in [0.4, 0.5) is 0 Å². The maximum absolute atomic E-state index is 12.5. The van der Waals surface area contributed by atoms with Crippen LogP contribution in [0, 0.1) is 13.8 Å². The predicted molar refractivity (Wildman–Crippen MR) is 92.6 cm³/mol. The number of aromatic nitrogens is 2. The van der Waals surface area contributed by atoms with Gasteiger partial charge in [-0.05, 0) is 58.7 Å². The van der Waals surface area contributed by atoms with E-state index in [1.807, 2.05) is 24.8 Å². The lowest BCUT2D eigenvalue weighted by molar-refractivity contribution is -0.130. The van der Waals surface area contributed by atoms with E-state index >= 15 is 0 Å². The first-order valence-electron chi connectivity index (χ1n) is 8.59. The summed E-state index contributed by atoms with van der Waals surface area (Å²) >= 11 is 1.46. The maximum Gasteiger partial charge on any atom is 0.233 e. The van der Waals surface area contributed by atoms with Gasteiger partial charge in [0.05, 0.1) is 5.75 Å². The smallest absolute Gasteiger partial charge is 0.233 e. The van der Waals surface area contributed by atoms with E-state index in [-0.39, 0.29) is 5.91 Å². The minimum absolute atomic E-state index is 0.224. The van der Waals surface area contributed by atoms with Crippen LogP contribution in [0.5, 0.6) is 0 Å². The van der Waals surface area contributed by atoms with Gasteiger partial charge in [-0.25, -0.2) is 9.97 Å². The normalized spacial score (nSPS) is 22.5. The average Bonchev–Trinajstić information content (AvgIpc) is 3.06. The Hall–Kier alpha value is -1.14. The minimum Gasteiger partial charge on any atom is -0.340 e. The molecule has 1 aromatic heterocycles. The number of hydrogen-bond acceptors (Lipinski definition) is 5. The standard InChI is InChI=1S/C17H26N4OS/c1-13-10-14(2)19-17(18-13)23-12-16(22)21-9-5-6-15(11-21)20-7-3-4-8-20/h10,15H,3-9,11-12H2,1-2H3/t15-/m1/s1. The molecule has 1 atom stereocenters. The zero-order valence-corrected chi connectivity index (χ0v) is 14.9. The number of aryl methyl sites for hydroxylation is 2. The lowest BCUT2D eigenvalue weighted by atomic mass is 10.0. The number of thioether (sulfide) groups is 1. The first kappa shape index (κ1) is 16.7. The summed E-state index contributed by atoms with van der Waals surface area (Å²) in [6.45, 7) is 8.14. The predicted octanol–water partition coefficient (Wildman–Crippen LogP) is 2.27. The largest absolute Gasteiger partial charge is 0.340 e. The van der Waals surface area contributed by atoms with Crippen LogP contribution in [0.1, 0.15) is 37.1 Å². The molecule has 0 radical (unpaired) electrons. The molecule has 0 aliphatic carbocycles. The third kappa shape index (κ3) is 4.44. The Bertz CT molecular complexity index is 539. The highest BCUT2D eigenvalue weighted by Crippen LogP contribution is 2.22. The molecule has 126 valence electrons. The molecule has 5 nitrogen and oxygen atoms in total. The number of piperidine rings is 1. The molecule has 0 unspecified atom stereocenters. The van der Waals surface area contributed by atoms with E-state index < -0.39 is 0 Å². The van der Waals surface area contributed by atoms with Crippen molar-refractivity contribution in [3.63, 3.8) is 0 Å². The molecule has 1 amide bonds. The highest BCUT2D eigenvalue weighted by molar-refractivity contribution is 7.99. The van der Waals surface area contributed by atoms with Crippen molar-refractivity contribution < 1.29 is 4.79 Å². The average molecular weight is 334 g/mol. The molecular weight excluding hydrogens is 308 g/mol. The summed E-state index contributed by atoms with van der Waals surface area (Å²) in [7, 11) is 0. The van der Waals surface area contributed by atoms with E-state index in [9.17, 15) is 4.79 Å². The van der Waals surface area contributed by atoms with Crippen LogP contribution >= 0.6 is 11.8 Å². The van der Waals surface area contributed by atoms with Crippen LogP contribution in [-0.4, -0.2) is 63.6 Å². The van der Waals surface area contributed by atoms with Gasteiger partial charge in [0.25, 0.3) is 0 Å². The van der Waals surface area contributed by atoms with Crippen molar-refractivity contribution >= 4 is 17.7 Å². The highest BCUT2D eigenvalue weighted by Gasteiger charge is 2.29.